The fourth-order valence-electron chi connectivity index (χ4n) is 3.64. The van der Waals surface area contributed by atoms with E-state index in [1.165, 1.54) is 0 Å². The van der Waals surface area contributed by atoms with Gasteiger partial charge in [0.1, 0.15) is 11.7 Å². The summed E-state index contributed by atoms with van der Waals surface area (Å²) in [6.07, 6.45) is 3.13. The highest BCUT2D eigenvalue weighted by molar-refractivity contribution is 5.75. The van der Waals surface area contributed by atoms with E-state index in [-0.39, 0.29) is 5.56 Å². The van der Waals surface area contributed by atoms with Gasteiger partial charge in [-0.1, -0.05) is 60.7 Å². The lowest BCUT2D eigenvalue weighted by Crippen LogP contribution is -2.21. The molecule has 0 spiro atoms. The fourth-order valence-corrected chi connectivity index (χ4v) is 3.64. The summed E-state index contributed by atoms with van der Waals surface area (Å²) in [4.78, 5) is 17.5. The Balaban J connectivity index is 1.45. The Bertz CT molecular complexity index is 1470. The lowest BCUT2D eigenvalue weighted by Gasteiger charge is -2.08. The van der Waals surface area contributed by atoms with Crippen molar-refractivity contribution in [2.75, 3.05) is 0 Å². The van der Waals surface area contributed by atoms with E-state index in [9.17, 15) is 10.1 Å². The minimum absolute atomic E-state index is 0.133. The van der Waals surface area contributed by atoms with Crippen molar-refractivity contribution in [3.8, 4) is 22.9 Å². The molecular formula is C25H17N5O. The maximum atomic E-state index is 13.0. The molecule has 148 valence electrons. The van der Waals surface area contributed by atoms with E-state index in [4.69, 9.17) is 0 Å². The zero-order valence-corrected chi connectivity index (χ0v) is 16.5. The number of rotatable bonds is 4. The highest BCUT2D eigenvalue weighted by Gasteiger charge is 2.12. The summed E-state index contributed by atoms with van der Waals surface area (Å²) < 4.78 is 3.25. The van der Waals surface area contributed by atoms with Crippen molar-refractivity contribution < 1.29 is 0 Å². The molecule has 6 heteroatoms. The molecule has 0 fully saturated rings. The first kappa shape index (κ1) is 18.5. The van der Waals surface area contributed by atoms with Crippen LogP contribution in [0.2, 0.25) is 0 Å². The van der Waals surface area contributed by atoms with Gasteiger partial charge in [-0.3, -0.25) is 9.36 Å². The molecule has 3 aromatic carbocycles. The second-order valence-electron chi connectivity index (χ2n) is 7.16. The van der Waals surface area contributed by atoms with Gasteiger partial charge in [0.05, 0.1) is 30.1 Å². The molecule has 0 aliphatic rings. The zero-order chi connectivity index (χ0) is 21.2. The third-order valence-electron chi connectivity index (χ3n) is 5.22. The molecule has 2 heterocycles. The molecular weight excluding hydrogens is 386 g/mol. The Morgan fingerprint density at radius 3 is 2.42 bits per heavy atom. The van der Waals surface area contributed by atoms with Gasteiger partial charge in [-0.25, -0.2) is 9.67 Å². The zero-order valence-electron chi connectivity index (χ0n) is 16.5. The SMILES string of the molecule is N#Cc1ccccc1-c1ccc(Cn2cnc3c(cnn3-c3ccccc3)c2=O)cc1. The van der Waals surface area contributed by atoms with Crippen LogP contribution in [0.4, 0.5) is 0 Å². The molecule has 5 rings (SSSR count). The maximum absolute atomic E-state index is 13.0. The standard InChI is InChI=1S/C25H17N5O/c26-14-20-6-4-5-9-22(20)19-12-10-18(11-13-19)16-29-17-27-24-23(25(29)31)15-28-30(24)21-7-2-1-3-8-21/h1-13,15,17H,16H2. The van der Waals surface area contributed by atoms with Gasteiger partial charge in [-0.15, -0.1) is 0 Å². The fraction of sp³-hybridized carbons (Fsp3) is 0.0400. The maximum Gasteiger partial charge on any atom is 0.264 e. The van der Waals surface area contributed by atoms with E-state index < -0.39 is 0 Å². The topological polar surface area (TPSA) is 76.5 Å². The minimum atomic E-state index is -0.133. The monoisotopic (exact) mass is 403 g/mol. The van der Waals surface area contributed by atoms with Crippen LogP contribution in [-0.4, -0.2) is 19.3 Å². The van der Waals surface area contributed by atoms with Gasteiger partial charge in [0.15, 0.2) is 5.65 Å². The second kappa shape index (κ2) is 7.73. The third-order valence-corrected chi connectivity index (χ3v) is 5.22. The van der Waals surface area contributed by atoms with Crippen LogP contribution >= 0.6 is 0 Å². The second-order valence-corrected chi connectivity index (χ2v) is 7.16. The Kier molecular flexibility index (Phi) is 4.62. The average molecular weight is 403 g/mol. The van der Waals surface area contributed by atoms with Crippen LogP contribution in [0.1, 0.15) is 11.1 Å². The number of hydrogen-bond acceptors (Lipinski definition) is 4. The first-order valence-electron chi connectivity index (χ1n) is 9.81. The molecule has 0 saturated heterocycles. The number of nitrogens with zero attached hydrogens (tertiary/aromatic N) is 5. The van der Waals surface area contributed by atoms with Gasteiger partial charge < -0.3 is 0 Å². The van der Waals surface area contributed by atoms with Crippen LogP contribution < -0.4 is 5.56 Å². The number of benzene rings is 3. The highest BCUT2D eigenvalue weighted by Crippen LogP contribution is 2.23. The molecule has 31 heavy (non-hydrogen) atoms. The summed E-state index contributed by atoms with van der Waals surface area (Å²) in [7, 11) is 0. The molecule has 0 bridgehead atoms. The van der Waals surface area contributed by atoms with Crippen molar-refractivity contribution in [3.05, 3.63) is 113 Å². The Morgan fingerprint density at radius 1 is 0.903 bits per heavy atom. The highest BCUT2D eigenvalue weighted by atomic mass is 16.1. The van der Waals surface area contributed by atoms with E-state index in [0.29, 0.717) is 23.1 Å². The van der Waals surface area contributed by atoms with Crippen molar-refractivity contribution in [1.82, 2.24) is 19.3 Å². The predicted octanol–water partition coefficient (Wildman–Crippen LogP) is 4.17. The molecule has 0 radical (unpaired) electrons. The van der Waals surface area contributed by atoms with Gasteiger partial charge in [0, 0.05) is 0 Å². The van der Waals surface area contributed by atoms with Crippen molar-refractivity contribution in [1.29, 1.82) is 5.26 Å². The van der Waals surface area contributed by atoms with Crippen molar-refractivity contribution in [2.24, 2.45) is 0 Å². The van der Waals surface area contributed by atoms with Crippen LogP contribution in [-0.2, 0) is 6.54 Å². The van der Waals surface area contributed by atoms with Crippen molar-refractivity contribution in [3.63, 3.8) is 0 Å². The lowest BCUT2D eigenvalue weighted by molar-refractivity contribution is 0.745. The molecule has 2 aromatic heterocycles. The molecule has 0 saturated carbocycles. The van der Waals surface area contributed by atoms with Crippen LogP contribution in [0, 0.1) is 11.3 Å². The number of para-hydroxylation sites is 1. The molecule has 0 amide bonds. The Hall–Kier alpha value is -4.50. The molecule has 0 aliphatic heterocycles. The van der Waals surface area contributed by atoms with Crippen LogP contribution in [0.3, 0.4) is 0 Å². The number of aromatic nitrogens is 4. The van der Waals surface area contributed by atoms with Crippen LogP contribution in [0.25, 0.3) is 27.8 Å². The summed E-state index contributed by atoms with van der Waals surface area (Å²) in [6.45, 7) is 0.401. The Labute approximate surface area is 178 Å². The van der Waals surface area contributed by atoms with E-state index in [2.05, 4.69) is 16.2 Å². The molecule has 0 unspecified atom stereocenters. The summed E-state index contributed by atoms with van der Waals surface area (Å²) in [5, 5.41) is 14.1. The third kappa shape index (κ3) is 3.38. The van der Waals surface area contributed by atoms with Gasteiger partial charge in [0.2, 0.25) is 0 Å². The van der Waals surface area contributed by atoms with E-state index >= 15 is 0 Å². The normalized spacial score (nSPS) is 10.8. The summed E-state index contributed by atoms with van der Waals surface area (Å²) in [5.41, 5.74) is 4.72. The minimum Gasteiger partial charge on any atom is -0.294 e. The number of hydrogen-bond donors (Lipinski definition) is 0. The molecule has 6 nitrogen and oxygen atoms in total. The van der Waals surface area contributed by atoms with Gasteiger partial charge in [-0.05, 0) is 34.9 Å². The van der Waals surface area contributed by atoms with Crippen LogP contribution in [0.5, 0.6) is 0 Å². The van der Waals surface area contributed by atoms with E-state index in [0.717, 1.165) is 22.4 Å². The summed E-state index contributed by atoms with van der Waals surface area (Å²) in [5.74, 6) is 0. The molecule has 0 atom stereocenters. The largest absolute Gasteiger partial charge is 0.294 e. The molecule has 5 aromatic rings. The van der Waals surface area contributed by atoms with Crippen molar-refractivity contribution >= 4 is 11.0 Å². The number of nitriles is 1. The Morgan fingerprint density at radius 2 is 1.65 bits per heavy atom. The predicted molar refractivity (Wildman–Crippen MR) is 119 cm³/mol. The first-order valence-corrected chi connectivity index (χ1v) is 9.81. The van der Waals surface area contributed by atoms with Crippen LogP contribution in [0.15, 0.2) is 96.2 Å². The average Bonchev–Trinajstić information content (AvgIpc) is 3.27. The summed E-state index contributed by atoms with van der Waals surface area (Å²) >= 11 is 0. The van der Waals surface area contributed by atoms with Gasteiger partial charge in [-0.2, -0.15) is 10.4 Å². The first-order chi connectivity index (χ1) is 15.2. The van der Waals surface area contributed by atoms with Crippen molar-refractivity contribution in [2.45, 2.75) is 6.54 Å². The molecule has 0 aliphatic carbocycles. The van der Waals surface area contributed by atoms with E-state index in [1.807, 2.05) is 72.8 Å². The smallest absolute Gasteiger partial charge is 0.264 e. The molecule has 0 N–H and O–H groups in total. The lowest BCUT2D eigenvalue weighted by atomic mass is 9.99. The number of fused-ring (bicyclic) bond motifs is 1. The summed E-state index contributed by atoms with van der Waals surface area (Å²) in [6, 6.07) is 27.2. The van der Waals surface area contributed by atoms with Gasteiger partial charge >= 0.3 is 0 Å². The van der Waals surface area contributed by atoms with Gasteiger partial charge in [0.25, 0.3) is 5.56 Å². The quantitative estimate of drug-likeness (QED) is 0.451. The van der Waals surface area contributed by atoms with E-state index in [1.54, 1.807) is 27.8 Å².